The molecule has 37 heavy (non-hydrogen) atoms. The van der Waals surface area contributed by atoms with E-state index in [-0.39, 0.29) is 28.6 Å². The van der Waals surface area contributed by atoms with Crippen molar-refractivity contribution in [3.05, 3.63) is 35.9 Å². The standard InChI is InChI=1S/C21H42N2O2.C8H8O2.C2H6/c1-15(2)19(4,5)17(12-11-13-22-10)18(25)23-21(8,9)20(6,7)16(3)14-24;9-7-10-6-8-4-2-1-3-5-8;1-2/h14-17,22H,11-13H2,1-10H3,(H,23,25);1-5,7H,6H2;1-2H3. The van der Waals surface area contributed by atoms with Gasteiger partial charge in [0.1, 0.15) is 12.9 Å². The Morgan fingerprint density at radius 2 is 1.51 bits per heavy atom. The van der Waals surface area contributed by atoms with Crippen molar-refractivity contribution in [1.82, 2.24) is 10.6 Å². The van der Waals surface area contributed by atoms with E-state index in [1.165, 1.54) is 0 Å². The quantitative estimate of drug-likeness (QED) is 0.218. The van der Waals surface area contributed by atoms with Crippen LogP contribution in [-0.4, -0.2) is 37.8 Å². The molecule has 0 bridgehead atoms. The molecule has 1 amide bonds. The van der Waals surface area contributed by atoms with Crippen LogP contribution in [0.4, 0.5) is 0 Å². The van der Waals surface area contributed by atoms with Crippen LogP contribution in [0.1, 0.15) is 94.6 Å². The number of ether oxygens (including phenoxy) is 1. The van der Waals surface area contributed by atoms with Crippen molar-refractivity contribution in [3.8, 4) is 0 Å². The number of rotatable bonds is 14. The third-order valence-corrected chi connectivity index (χ3v) is 8.17. The Kier molecular flexibility index (Phi) is 18.1. The van der Waals surface area contributed by atoms with Gasteiger partial charge in [-0.25, -0.2) is 0 Å². The molecule has 0 aliphatic heterocycles. The Hall–Kier alpha value is -2.21. The second-order valence-corrected chi connectivity index (χ2v) is 11.4. The molecule has 1 aromatic rings. The number of nitrogens with one attached hydrogen (secondary N) is 2. The molecule has 6 heteroatoms. The lowest BCUT2D eigenvalue weighted by Gasteiger charge is -2.46. The molecule has 0 spiro atoms. The van der Waals surface area contributed by atoms with Crippen LogP contribution in [0.25, 0.3) is 0 Å². The normalized spacial score (nSPS) is 13.2. The molecule has 0 aliphatic carbocycles. The molecular weight excluding hydrogens is 464 g/mol. The first-order valence-corrected chi connectivity index (χ1v) is 13.7. The fourth-order valence-corrected chi connectivity index (χ4v) is 3.73. The highest BCUT2D eigenvalue weighted by Crippen LogP contribution is 2.41. The number of aldehydes is 1. The molecule has 0 radical (unpaired) electrons. The Bertz CT molecular complexity index is 758. The Balaban J connectivity index is 0. The summed E-state index contributed by atoms with van der Waals surface area (Å²) in [6.07, 6.45) is 2.81. The van der Waals surface area contributed by atoms with Crippen molar-refractivity contribution in [3.63, 3.8) is 0 Å². The van der Waals surface area contributed by atoms with Crippen molar-refractivity contribution >= 4 is 18.7 Å². The highest BCUT2D eigenvalue weighted by molar-refractivity contribution is 5.80. The SMILES string of the molecule is CC.CNCCCC(C(=O)NC(C)(C)C(C)(C)C(C)C=O)C(C)(C)C(C)C.O=COCc1ccccc1. The van der Waals surface area contributed by atoms with Gasteiger partial charge in [-0.1, -0.05) is 92.6 Å². The molecule has 1 rings (SSSR count). The van der Waals surface area contributed by atoms with E-state index in [9.17, 15) is 14.4 Å². The summed E-state index contributed by atoms with van der Waals surface area (Å²) in [6.45, 7) is 24.5. The summed E-state index contributed by atoms with van der Waals surface area (Å²) in [4.78, 5) is 34.3. The third kappa shape index (κ3) is 12.3. The van der Waals surface area contributed by atoms with Gasteiger partial charge in [-0.3, -0.25) is 9.59 Å². The fourth-order valence-electron chi connectivity index (χ4n) is 3.73. The molecule has 0 aromatic heterocycles. The summed E-state index contributed by atoms with van der Waals surface area (Å²) in [5.41, 5.74) is 0.115. The van der Waals surface area contributed by atoms with Gasteiger partial charge in [-0.15, -0.1) is 0 Å². The van der Waals surface area contributed by atoms with Crippen LogP contribution in [0.5, 0.6) is 0 Å². The number of hydrogen-bond donors (Lipinski definition) is 2. The predicted molar refractivity (Wildman–Crippen MR) is 155 cm³/mol. The molecule has 0 saturated heterocycles. The fraction of sp³-hybridized carbons (Fsp3) is 0.710. The summed E-state index contributed by atoms with van der Waals surface area (Å²) in [7, 11) is 1.94. The Morgan fingerprint density at radius 3 is 1.95 bits per heavy atom. The molecule has 2 N–H and O–H groups in total. The average Bonchev–Trinajstić information content (AvgIpc) is 2.86. The lowest BCUT2D eigenvalue weighted by Crippen LogP contribution is -2.58. The van der Waals surface area contributed by atoms with E-state index < -0.39 is 5.54 Å². The van der Waals surface area contributed by atoms with Crippen LogP contribution in [0.2, 0.25) is 0 Å². The lowest BCUT2D eigenvalue weighted by atomic mass is 9.65. The van der Waals surface area contributed by atoms with E-state index in [2.05, 4.69) is 56.9 Å². The van der Waals surface area contributed by atoms with E-state index in [1.807, 2.05) is 72.0 Å². The number of benzene rings is 1. The third-order valence-electron chi connectivity index (χ3n) is 8.17. The first kappa shape index (κ1) is 36.9. The summed E-state index contributed by atoms with van der Waals surface area (Å²) in [5.74, 6) is 0.319. The van der Waals surface area contributed by atoms with Gasteiger partial charge in [0.05, 0.1) is 0 Å². The van der Waals surface area contributed by atoms with Gasteiger partial charge in [-0.2, -0.15) is 0 Å². The highest BCUT2D eigenvalue weighted by atomic mass is 16.5. The molecule has 1 aromatic carbocycles. The number of carbonyl (C=O) groups excluding carboxylic acids is 3. The monoisotopic (exact) mass is 520 g/mol. The topological polar surface area (TPSA) is 84.5 Å². The minimum atomic E-state index is -0.473. The van der Waals surface area contributed by atoms with Gasteiger partial charge in [0.25, 0.3) is 6.47 Å². The van der Waals surface area contributed by atoms with Crippen molar-refractivity contribution in [2.45, 2.75) is 101 Å². The number of hydrogen-bond acceptors (Lipinski definition) is 5. The van der Waals surface area contributed by atoms with E-state index in [0.717, 1.165) is 31.2 Å². The molecule has 6 nitrogen and oxygen atoms in total. The predicted octanol–water partition coefficient (Wildman–Crippen LogP) is 6.43. The zero-order valence-electron chi connectivity index (χ0n) is 25.7. The minimum Gasteiger partial charge on any atom is -0.463 e. The van der Waals surface area contributed by atoms with E-state index in [0.29, 0.717) is 19.0 Å². The van der Waals surface area contributed by atoms with Crippen molar-refractivity contribution in [2.75, 3.05) is 13.6 Å². The molecule has 2 unspecified atom stereocenters. The summed E-state index contributed by atoms with van der Waals surface area (Å²) >= 11 is 0. The van der Waals surface area contributed by atoms with Gasteiger partial charge in [0.2, 0.25) is 5.91 Å². The van der Waals surface area contributed by atoms with Crippen LogP contribution in [-0.2, 0) is 25.7 Å². The van der Waals surface area contributed by atoms with E-state index in [1.54, 1.807) is 0 Å². The van der Waals surface area contributed by atoms with Crippen LogP contribution < -0.4 is 10.6 Å². The van der Waals surface area contributed by atoms with E-state index >= 15 is 0 Å². The molecule has 0 saturated carbocycles. The Morgan fingerprint density at radius 1 is 0.973 bits per heavy atom. The summed E-state index contributed by atoms with van der Waals surface area (Å²) in [5, 5.41) is 6.45. The molecule has 0 aliphatic rings. The van der Waals surface area contributed by atoms with Crippen LogP contribution in [0, 0.1) is 28.6 Å². The van der Waals surface area contributed by atoms with Crippen molar-refractivity contribution in [2.24, 2.45) is 28.6 Å². The first-order valence-electron chi connectivity index (χ1n) is 13.7. The minimum absolute atomic E-state index is 0.0533. The largest absolute Gasteiger partial charge is 0.463 e. The van der Waals surface area contributed by atoms with Gasteiger partial charge in [0, 0.05) is 17.4 Å². The molecule has 0 heterocycles. The van der Waals surface area contributed by atoms with E-state index in [4.69, 9.17) is 0 Å². The Labute approximate surface area is 227 Å². The second kappa shape index (κ2) is 18.1. The molecule has 2 atom stereocenters. The molecule has 214 valence electrons. The van der Waals surface area contributed by atoms with Crippen molar-refractivity contribution < 1.29 is 19.1 Å². The molecular formula is C31H56N2O4. The van der Waals surface area contributed by atoms with Gasteiger partial charge in [-0.05, 0) is 62.6 Å². The first-order chi connectivity index (χ1) is 17.2. The lowest BCUT2D eigenvalue weighted by molar-refractivity contribution is -0.135. The van der Waals surface area contributed by atoms with Crippen LogP contribution in [0.3, 0.4) is 0 Å². The zero-order valence-corrected chi connectivity index (χ0v) is 25.7. The number of amides is 1. The molecule has 0 fully saturated rings. The van der Waals surface area contributed by atoms with Gasteiger partial charge < -0.3 is 20.2 Å². The van der Waals surface area contributed by atoms with Crippen LogP contribution in [0.15, 0.2) is 30.3 Å². The average molecular weight is 521 g/mol. The zero-order chi connectivity index (χ0) is 29.3. The maximum atomic E-state index is 13.2. The van der Waals surface area contributed by atoms with Gasteiger partial charge in [0.15, 0.2) is 0 Å². The van der Waals surface area contributed by atoms with Crippen molar-refractivity contribution in [1.29, 1.82) is 0 Å². The maximum absolute atomic E-state index is 13.2. The van der Waals surface area contributed by atoms with Crippen LogP contribution >= 0.6 is 0 Å². The second-order valence-electron chi connectivity index (χ2n) is 11.4. The smallest absolute Gasteiger partial charge is 0.293 e. The van der Waals surface area contributed by atoms with Gasteiger partial charge >= 0.3 is 0 Å². The summed E-state index contributed by atoms with van der Waals surface area (Å²) in [6, 6.07) is 9.55. The maximum Gasteiger partial charge on any atom is 0.293 e. The number of carbonyl (C=O) groups is 3. The highest BCUT2D eigenvalue weighted by Gasteiger charge is 2.45. The summed E-state index contributed by atoms with van der Waals surface area (Å²) < 4.78 is 4.54.